The van der Waals surface area contributed by atoms with Gasteiger partial charge in [-0.05, 0) is 18.6 Å². The molecule has 2 aromatic rings. The largest absolute Gasteiger partial charge is 0.393 e. The van der Waals surface area contributed by atoms with Gasteiger partial charge in [0.25, 0.3) is 0 Å². The standard InChI is InChI=1S/C13H15N3S/c1-10-7-8-16(15-10)9-12(13(14)17)11-5-3-2-4-6-11/h2-8,12H,9H2,1H3,(H2,14,17). The van der Waals surface area contributed by atoms with E-state index in [4.69, 9.17) is 18.0 Å². The highest BCUT2D eigenvalue weighted by molar-refractivity contribution is 7.80. The molecular formula is C13H15N3S. The Hall–Kier alpha value is -1.68. The van der Waals surface area contributed by atoms with Crippen molar-refractivity contribution in [2.45, 2.75) is 19.4 Å². The maximum absolute atomic E-state index is 5.81. The van der Waals surface area contributed by atoms with E-state index in [0.717, 1.165) is 11.3 Å². The summed E-state index contributed by atoms with van der Waals surface area (Å²) in [5.74, 6) is 0.0329. The molecule has 4 heteroatoms. The summed E-state index contributed by atoms with van der Waals surface area (Å²) in [4.78, 5) is 0.504. The van der Waals surface area contributed by atoms with Crippen LogP contribution in [0.5, 0.6) is 0 Å². The van der Waals surface area contributed by atoms with Crippen LogP contribution in [-0.2, 0) is 6.54 Å². The Balaban J connectivity index is 2.22. The second kappa shape index (κ2) is 5.10. The van der Waals surface area contributed by atoms with E-state index in [1.807, 2.05) is 54.2 Å². The quantitative estimate of drug-likeness (QED) is 0.840. The maximum Gasteiger partial charge on any atom is 0.0822 e. The lowest BCUT2D eigenvalue weighted by atomic mass is 9.99. The lowest BCUT2D eigenvalue weighted by Gasteiger charge is -2.15. The molecule has 0 aliphatic rings. The van der Waals surface area contributed by atoms with Crippen molar-refractivity contribution in [2.75, 3.05) is 0 Å². The second-order valence-corrected chi connectivity index (χ2v) is 4.52. The fraction of sp³-hybridized carbons (Fsp3) is 0.231. The van der Waals surface area contributed by atoms with Gasteiger partial charge in [0.1, 0.15) is 0 Å². The van der Waals surface area contributed by atoms with Crippen LogP contribution in [0.1, 0.15) is 17.2 Å². The summed E-state index contributed by atoms with van der Waals surface area (Å²) >= 11 is 5.14. The van der Waals surface area contributed by atoms with Crippen molar-refractivity contribution in [1.82, 2.24) is 9.78 Å². The molecule has 0 aliphatic carbocycles. The van der Waals surface area contributed by atoms with Gasteiger partial charge in [-0.1, -0.05) is 42.5 Å². The molecule has 2 N–H and O–H groups in total. The van der Waals surface area contributed by atoms with Gasteiger partial charge in [0.05, 0.1) is 23.1 Å². The highest BCUT2D eigenvalue weighted by Crippen LogP contribution is 2.18. The van der Waals surface area contributed by atoms with E-state index in [1.165, 1.54) is 0 Å². The molecule has 17 heavy (non-hydrogen) atoms. The first-order valence-electron chi connectivity index (χ1n) is 5.51. The predicted molar refractivity (Wildman–Crippen MR) is 72.9 cm³/mol. The number of thiocarbonyl (C=S) groups is 1. The van der Waals surface area contributed by atoms with Crippen molar-refractivity contribution in [2.24, 2.45) is 5.73 Å². The van der Waals surface area contributed by atoms with Gasteiger partial charge in [0.15, 0.2) is 0 Å². The van der Waals surface area contributed by atoms with E-state index >= 15 is 0 Å². The van der Waals surface area contributed by atoms with Gasteiger partial charge >= 0.3 is 0 Å². The zero-order valence-electron chi connectivity index (χ0n) is 9.71. The normalized spacial score (nSPS) is 12.3. The van der Waals surface area contributed by atoms with Crippen LogP contribution in [-0.4, -0.2) is 14.8 Å². The van der Waals surface area contributed by atoms with Crippen LogP contribution in [0.25, 0.3) is 0 Å². The van der Waals surface area contributed by atoms with Gasteiger partial charge in [0.2, 0.25) is 0 Å². The summed E-state index contributed by atoms with van der Waals surface area (Å²) in [6.07, 6.45) is 1.95. The number of aromatic nitrogens is 2. The summed E-state index contributed by atoms with van der Waals surface area (Å²) in [7, 11) is 0. The van der Waals surface area contributed by atoms with Crippen LogP contribution in [0.3, 0.4) is 0 Å². The van der Waals surface area contributed by atoms with Crippen molar-refractivity contribution < 1.29 is 0 Å². The molecule has 1 aromatic heterocycles. The van der Waals surface area contributed by atoms with Crippen LogP contribution in [0.2, 0.25) is 0 Å². The fourth-order valence-electron chi connectivity index (χ4n) is 1.80. The second-order valence-electron chi connectivity index (χ2n) is 4.04. The van der Waals surface area contributed by atoms with Gasteiger partial charge in [0, 0.05) is 6.20 Å². The molecule has 0 bridgehead atoms. The molecule has 1 heterocycles. The van der Waals surface area contributed by atoms with Crippen molar-refractivity contribution in [1.29, 1.82) is 0 Å². The molecule has 88 valence electrons. The van der Waals surface area contributed by atoms with E-state index in [0.29, 0.717) is 11.5 Å². The number of benzene rings is 1. The molecule has 0 saturated carbocycles. The molecule has 1 atom stereocenters. The molecule has 0 saturated heterocycles. The molecule has 3 nitrogen and oxygen atoms in total. The molecule has 0 aliphatic heterocycles. The minimum absolute atomic E-state index is 0.0329. The first-order chi connectivity index (χ1) is 8.16. The first-order valence-corrected chi connectivity index (χ1v) is 5.92. The van der Waals surface area contributed by atoms with Crippen molar-refractivity contribution in [3.63, 3.8) is 0 Å². The maximum atomic E-state index is 5.81. The molecule has 1 unspecified atom stereocenters. The van der Waals surface area contributed by atoms with Crippen LogP contribution in [0.4, 0.5) is 0 Å². The average Bonchev–Trinajstić information content (AvgIpc) is 2.73. The van der Waals surface area contributed by atoms with Gasteiger partial charge in [-0.15, -0.1) is 0 Å². The summed E-state index contributed by atoms with van der Waals surface area (Å²) in [6, 6.07) is 12.0. The molecule has 0 fully saturated rings. The number of hydrogen-bond donors (Lipinski definition) is 1. The number of nitrogens with zero attached hydrogens (tertiary/aromatic N) is 2. The summed E-state index contributed by atoms with van der Waals surface area (Å²) < 4.78 is 1.88. The lowest BCUT2D eigenvalue weighted by molar-refractivity contribution is 0.586. The van der Waals surface area contributed by atoms with Gasteiger partial charge in [-0.3, -0.25) is 4.68 Å². The Morgan fingerprint density at radius 2 is 2.06 bits per heavy atom. The highest BCUT2D eigenvalue weighted by Gasteiger charge is 2.15. The third-order valence-corrected chi connectivity index (χ3v) is 2.97. The van der Waals surface area contributed by atoms with E-state index in [9.17, 15) is 0 Å². The molecular weight excluding hydrogens is 230 g/mol. The van der Waals surface area contributed by atoms with Crippen LogP contribution >= 0.6 is 12.2 Å². The zero-order chi connectivity index (χ0) is 12.3. The SMILES string of the molecule is Cc1ccn(CC(C(N)=S)c2ccccc2)n1. The Kier molecular flexibility index (Phi) is 3.54. The van der Waals surface area contributed by atoms with Gasteiger partial charge in [-0.25, -0.2) is 0 Å². The predicted octanol–water partition coefficient (Wildman–Crippen LogP) is 2.26. The molecule has 2 rings (SSSR count). The van der Waals surface area contributed by atoms with Crippen LogP contribution < -0.4 is 5.73 Å². The topological polar surface area (TPSA) is 43.8 Å². The Morgan fingerprint density at radius 1 is 1.35 bits per heavy atom. The van der Waals surface area contributed by atoms with Crippen LogP contribution in [0, 0.1) is 6.92 Å². The Bertz CT molecular complexity index is 504. The molecule has 0 spiro atoms. The van der Waals surface area contributed by atoms with Crippen LogP contribution in [0.15, 0.2) is 42.6 Å². The van der Waals surface area contributed by atoms with Gasteiger partial charge in [-0.2, -0.15) is 5.10 Å². The van der Waals surface area contributed by atoms with E-state index < -0.39 is 0 Å². The minimum Gasteiger partial charge on any atom is -0.393 e. The first kappa shape index (κ1) is 11.8. The molecule has 0 radical (unpaired) electrons. The Labute approximate surface area is 106 Å². The van der Waals surface area contributed by atoms with E-state index in [-0.39, 0.29) is 5.92 Å². The molecule has 0 amide bonds. The van der Waals surface area contributed by atoms with E-state index in [2.05, 4.69) is 5.10 Å². The number of aryl methyl sites for hydroxylation is 1. The third kappa shape index (κ3) is 2.91. The van der Waals surface area contributed by atoms with Crippen molar-refractivity contribution >= 4 is 17.2 Å². The Morgan fingerprint density at radius 3 is 2.59 bits per heavy atom. The number of rotatable bonds is 4. The zero-order valence-corrected chi connectivity index (χ0v) is 10.5. The summed E-state index contributed by atoms with van der Waals surface area (Å²) in [5, 5.41) is 4.36. The molecule has 1 aromatic carbocycles. The van der Waals surface area contributed by atoms with E-state index in [1.54, 1.807) is 0 Å². The van der Waals surface area contributed by atoms with Gasteiger partial charge < -0.3 is 5.73 Å². The number of hydrogen-bond acceptors (Lipinski definition) is 2. The fourth-order valence-corrected chi connectivity index (χ4v) is 2.01. The lowest BCUT2D eigenvalue weighted by Crippen LogP contribution is -2.24. The monoisotopic (exact) mass is 245 g/mol. The van der Waals surface area contributed by atoms with Crippen molar-refractivity contribution in [3.05, 3.63) is 53.9 Å². The summed E-state index contributed by atoms with van der Waals surface area (Å²) in [6.45, 7) is 2.65. The summed E-state index contributed by atoms with van der Waals surface area (Å²) in [5.41, 5.74) is 7.95. The minimum atomic E-state index is 0.0329. The van der Waals surface area contributed by atoms with Crippen molar-refractivity contribution in [3.8, 4) is 0 Å². The smallest absolute Gasteiger partial charge is 0.0822 e. The third-order valence-electron chi connectivity index (χ3n) is 2.69. The highest BCUT2D eigenvalue weighted by atomic mass is 32.1. The average molecular weight is 245 g/mol. The number of nitrogens with two attached hydrogens (primary N) is 1.